The van der Waals surface area contributed by atoms with E-state index in [0.717, 1.165) is 10.5 Å². The summed E-state index contributed by atoms with van der Waals surface area (Å²) < 4.78 is 0. The fourth-order valence-electron chi connectivity index (χ4n) is 3.27. The molecule has 0 saturated carbocycles. The fourth-order valence-corrected chi connectivity index (χ4v) is 3.27. The van der Waals surface area contributed by atoms with Crippen LogP contribution in [0.4, 0.5) is 4.79 Å². The molecule has 4 amide bonds. The van der Waals surface area contributed by atoms with Gasteiger partial charge in [0.05, 0.1) is 12.5 Å². The van der Waals surface area contributed by atoms with Crippen LogP contribution in [0.25, 0.3) is 0 Å². The van der Waals surface area contributed by atoms with Gasteiger partial charge in [0.1, 0.15) is 6.54 Å². The Morgan fingerprint density at radius 2 is 1.71 bits per heavy atom. The van der Waals surface area contributed by atoms with Gasteiger partial charge in [-0.3, -0.25) is 14.5 Å². The molecular formula is C21H20N4O3. The molecule has 142 valence electrons. The number of amides is 4. The lowest BCUT2D eigenvalue weighted by molar-refractivity contribution is -0.135. The van der Waals surface area contributed by atoms with Crippen molar-refractivity contribution in [3.8, 4) is 6.07 Å². The highest BCUT2D eigenvalue weighted by atomic mass is 16.2. The Kier molecular flexibility index (Phi) is 5.70. The standard InChI is InChI=1S/C21H20N4O3/c22-12-7-13-23-18(26)15-25-19(27)21(24-20(25)28,17-10-5-2-6-11-17)14-16-8-3-1-4-9-16/h1-6,8-11H,7,13-15H2,(H,23,26)(H,24,28). The molecule has 7 nitrogen and oxygen atoms in total. The third-order valence-corrected chi connectivity index (χ3v) is 4.62. The number of hydrogen-bond acceptors (Lipinski definition) is 4. The van der Waals surface area contributed by atoms with Crippen LogP contribution in [0.15, 0.2) is 60.7 Å². The molecule has 1 aliphatic rings. The maximum atomic E-state index is 13.3. The minimum absolute atomic E-state index is 0.161. The molecule has 1 unspecified atom stereocenters. The zero-order valence-corrected chi connectivity index (χ0v) is 15.2. The van der Waals surface area contributed by atoms with Crippen LogP contribution in [-0.2, 0) is 21.5 Å². The molecule has 0 bridgehead atoms. The molecule has 0 aliphatic carbocycles. The molecule has 0 aromatic heterocycles. The number of imide groups is 1. The second-order valence-corrected chi connectivity index (χ2v) is 6.51. The van der Waals surface area contributed by atoms with E-state index in [1.54, 1.807) is 24.3 Å². The Hall–Kier alpha value is -3.66. The lowest BCUT2D eigenvalue weighted by atomic mass is 9.83. The third kappa shape index (κ3) is 3.86. The predicted octanol–water partition coefficient (Wildman–Crippen LogP) is 1.71. The third-order valence-electron chi connectivity index (χ3n) is 4.62. The highest BCUT2D eigenvalue weighted by molar-refractivity contribution is 6.09. The number of nitrogens with zero attached hydrogens (tertiary/aromatic N) is 2. The maximum absolute atomic E-state index is 13.3. The quantitative estimate of drug-likeness (QED) is 0.567. The van der Waals surface area contributed by atoms with Crippen LogP contribution in [-0.4, -0.2) is 35.8 Å². The molecule has 1 heterocycles. The van der Waals surface area contributed by atoms with Crippen molar-refractivity contribution in [2.24, 2.45) is 0 Å². The topological polar surface area (TPSA) is 102 Å². The van der Waals surface area contributed by atoms with Crippen LogP contribution >= 0.6 is 0 Å². The van der Waals surface area contributed by atoms with Crippen LogP contribution in [0, 0.1) is 11.3 Å². The highest BCUT2D eigenvalue weighted by Crippen LogP contribution is 2.32. The van der Waals surface area contributed by atoms with E-state index < -0.39 is 23.4 Å². The van der Waals surface area contributed by atoms with Gasteiger partial charge < -0.3 is 10.6 Å². The van der Waals surface area contributed by atoms with Gasteiger partial charge in [-0.05, 0) is 11.1 Å². The zero-order chi connectivity index (χ0) is 20.0. The van der Waals surface area contributed by atoms with Gasteiger partial charge in [-0.15, -0.1) is 0 Å². The Labute approximate surface area is 163 Å². The summed E-state index contributed by atoms with van der Waals surface area (Å²) in [5, 5.41) is 13.9. The SMILES string of the molecule is N#CCCNC(=O)CN1C(=O)NC(Cc2ccccc2)(c2ccccc2)C1=O. The summed E-state index contributed by atoms with van der Waals surface area (Å²) in [6.07, 6.45) is 0.433. The fraction of sp³-hybridized carbons (Fsp3) is 0.238. The van der Waals surface area contributed by atoms with Crippen LogP contribution in [0.1, 0.15) is 17.5 Å². The lowest BCUT2D eigenvalue weighted by Crippen LogP contribution is -2.47. The minimum atomic E-state index is -1.27. The first-order chi connectivity index (χ1) is 13.6. The number of hydrogen-bond donors (Lipinski definition) is 2. The summed E-state index contributed by atoms with van der Waals surface area (Å²) >= 11 is 0. The van der Waals surface area contributed by atoms with Gasteiger partial charge in [0.2, 0.25) is 5.91 Å². The molecule has 1 saturated heterocycles. The van der Waals surface area contributed by atoms with Crippen molar-refractivity contribution in [2.45, 2.75) is 18.4 Å². The van der Waals surface area contributed by atoms with Crippen molar-refractivity contribution in [3.63, 3.8) is 0 Å². The normalized spacial score (nSPS) is 18.5. The Morgan fingerprint density at radius 3 is 2.36 bits per heavy atom. The highest BCUT2D eigenvalue weighted by Gasteiger charge is 2.52. The second-order valence-electron chi connectivity index (χ2n) is 6.51. The van der Waals surface area contributed by atoms with Crippen molar-refractivity contribution < 1.29 is 14.4 Å². The maximum Gasteiger partial charge on any atom is 0.325 e. The van der Waals surface area contributed by atoms with E-state index in [9.17, 15) is 14.4 Å². The molecule has 3 rings (SSSR count). The first kappa shape index (κ1) is 19.1. The Bertz CT molecular complexity index is 908. The average molecular weight is 376 g/mol. The van der Waals surface area contributed by atoms with E-state index in [-0.39, 0.29) is 25.9 Å². The molecule has 1 aliphatic heterocycles. The smallest absolute Gasteiger partial charge is 0.325 e. The largest absolute Gasteiger partial charge is 0.354 e. The van der Waals surface area contributed by atoms with Gasteiger partial charge >= 0.3 is 6.03 Å². The monoisotopic (exact) mass is 376 g/mol. The number of carbonyl (C=O) groups excluding carboxylic acids is 3. The summed E-state index contributed by atoms with van der Waals surface area (Å²) in [6.45, 7) is -0.216. The summed E-state index contributed by atoms with van der Waals surface area (Å²) in [4.78, 5) is 38.9. The Balaban J connectivity index is 1.88. The molecular weight excluding hydrogens is 356 g/mol. The number of benzene rings is 2. The van der Waals surface area contributed by atoms with Gasteiger partial charge in [-0.2, -0.15) is 5.26 Å². The van der Waals surface area contributed by atoms with E-state index in [1.165, 1.54) is 0 Å². The Morgan fingerprint density at radius 1 is 1.07 bits per heavy atom. The average Bonchev–Trinajstić information content (AvgIpc) is 2.95. The number of carbonyl (C=O) groups is 3. The summed E-state index contributed by atoms with van der Waals surface area (Å²) in [7, 11) is 0. The van der Waals surface area contributed by atoms with E-state index in [1.807, 2.05) is 42.5 Å². The van der Waals surface area contributed by atoms with Crippen molar-refractivity contribution in [3.05, 3.63) is 71.8 Å². The van der Waals surface area contributed by atoms with Crippen LogP contribution in [0.5, 0.6) is 0 Å². The number of urea groups is 1. The summed E-state index contributed by atoms with van der Waals surface area (Å²) in [6, 6.07) is 19.7. The summed E-state index contributed by atoms with van der Waals surface area (Å²) in [5.74, 6) is -0.953. The molecule has 2 aromatic rings. The van der Waals surface area contributed by atoms with E-state index in [4.69, 9.17) is 5.26 Å². The molecule has 7 heteroatoms. The van der Waals surface area contributed by atoms with Crippen molar-refractivity contribution in [2.75, 3.05) is 13.1 Å². The molecule has 1 fully saturated rings. The van der Waals surface area contributed by atoms with Gasteiger partial charge in [-0.25, -0.2) is 4.79 Å². The minimum Gasteiger partial charge on any atom is -0.354 e. The molecule has 2 N–H and O–H groups in total. The number of nitriles is 1. The second kappa shape index (κ2) is 8.35. The first-order valence-electron chi connectivity index (χ1n) is 8.94. The van der Waals surface area contributed by atoms with E-state index in [0.29, 0.717) is 5.56 Å². The van der Waals surface area contributed by atoms with Gasteiger partial charge in [-0.1, -0.05) is 60.7 Å². The van der Waals surface area contributed by atoms with Gasteiger partial charge in [0.15, 0.2) is 5.54 Å². The van der Waals surface area contributed by atoms with Crippen LogP contribution < -0.4 is 10.6 Å². The van der Waals surface area contributed by atoms with Crippen LogP contribution in [0.2, 0.25) is 0 Å². The molecule has 0 radical (unpaired) electrons. The van der Waals surface area contributed by atoms with Gasteiger partial charge in [0, 0.05) is 13.0 Å². The summed E-state index contributed by atoms with van der Waals surface area (Å²) in [5.41, 5.74) is 0.275. The number of rotatable bonds is 7. The van der Waals surface area contributed by atoms with Crippen molar-refractivity contribution in [1.82, 2.24) is 15.5 Å². The van der Waals surface area contributed by atoms with Crippen molar-refractivity contribution >= 4 is 17.8 Å². The lowest BCUT2D eigenvalue weighted by Gasteiger charge is -2.27. The van der Waals surface area contributed by atoms with Gasteiger partial charge in [0.25, 0.3) is 5.91 Å². The predicted molar refractivity (Wildman–Crippen MR) is 102 cm³/mol. The molecule has 1 atom stereocenters. The molecule has 0 spiro atoms. The zero-order valence-electron chi connectivity index (χ0n) is 15.2. The van der Waals surface area contributed by atoms with E-state index in [2.05, 4.69) is 10.6 Å². The molecule has 2 aromatic carbocycles. The van der Waals surface area contributed by atoms with E-state index >= 15 is 0 Å². The molecule has 28 heavy (non-hydrogen) atoms. The van der Waals surface area contributed by atoms with Crippen molar-refractivity contribution in [1.29, 1.82) is 5.26 Å². The first-order valence-corrected chi connectivity index (χ1v) is 8.94. The van der Waals surface area contributed by atoms with Crippen LogP contribution in [0.3, 0.4) is 0 Å². The number of nitrogens with one attached hydrogen (secondary N) is 2.